The van der Waals surface area contributed by atoms with Crippen LogP contribution < -0.4 is 5.73 Å². The second-order valence-corrected chi connectivity index (χ2v) is 4.76. The molecule has 0 saturated heterocycles. The highest BCUT2D eigenvalue weighted by molar-refractivity contribution is 5.29. The lowest BCUT2D eigenvalue weighted by Crippen LogP contribution is -2.15. The first-order chi connectivity index (χ1) is 7.81. The Morgan fingerprint density at radius 3 is 2.94 bits per heavy atom. The zero-order valence-electron chi connectivity index (χ0n) is 9.86. The molecule has 0 spiro atoms. The Kier molecular flexibility index (Phi) is 4.02. The molecule has 3 N–H and O–H groups in total. The van der Waals surface area contributed by atoms with E-state index in [2.05, 4.69) is 17.0 Å². The normalized spacial score (nSPS) is 19.8. The lowest BCUT2D eigenvalue weighted by Gasteiger charge is -2.17. The van der Waals surface area contributed by atoms with E-state index < -0.39 is 0 Å². The van der Waals surface area contributed by atoms with Crippen molar-refractivity contribution in [3.05, 3.63) is 23.5 Å². The lowest BCUT2D eigenvalue weighted by atomic mass is 9.92. The fourth-order valence-corrected chi connectivity index (χ4v) is 2.50. The number of aliphatic hydroxyl groups is 1. The molecule has 0 amide bonds. The molecule has 1 unspecified atom stereocenters. The van der Waals surface area contributed by atoms with E-state index in [1.807, 2.05) is 0 Å². The molecular weight excluding hydrogens is 200 g/mol. The topological polar surface area (TPSA) is 51.2 Å². The molecule has 0 aromatic carbocycles. The van der Waals surface area contributed by atoms with Crippen LogP contribution in [0.1, 0.15) is 49.3 Å². The summed E-state index contributed by atoms with van der Waals surface area (Å²) in [5.74, 6) is 0. The van der Waals surface area contributed by atoms with E-state index in [0.29, 0.717) is 6.61 Å². The molecule has 0 fully saturated rings. The van der Waals surface area contributed by atoms with Gasteiger partial charge in [0.25, 0.3) is 0 Å². The zero-order chi connectivity index (χ0) is 11.4. The van der Waals surface area contributed by atoms with E-state index in [4.69, 9.17) is 10.8 Å². The minimum atomic E-state index is 0.252. The van der Waals surface area contributed by atoms with E-state index in [0.717, 1.165) is 32.2 Å². The summed E-state index contributed by atoms with van der Waals surface area (Å²) in [5, 5.41) is 8.71. The Balaban J connectivity index is 1.91. The summed E-state index contributed by atoms with van der Waals surface area (Å²) in [7, 11) is 0. The quantitative estimate of drug-likeness (QED) is 0.749. The molecule has 1 aromatic rings. The van der Waals surface area contributed by atoms with Crippen molar-refractivity contribution < 1.29 is 5.11 Å². The number of aliphatic hydroxyl groups excluding tert-OH is 1. The highest BCUT2D eigenvalue weighted by atomic mass is 16.2. The molecule has 3 nitrogen and oxygen atoms in total. The number of unbranched alkanes of at least 4 members (excludes halogenated alkanes) is 2. The second-order valence-electron chi connectivity index (χ2n) is 4.76. The first kappa shape index (κ1) is 11.7. The van der Waals surface area contributed by atoms with Crippen LogP contribution in [-0.4, -0.2) is 16.3 Å². The van der Waals surface area contributed by atoms with Crippen LogP contribution in [0.5, 0.6) is 0 Å². The molecule has 16 heavy (non-hydrogen) atoms. The monoisotopic (exact) mass is 222 g/mol. The van der Waals surface area contributed by atoms with Crippen molar-refractivity contribution in [1.29, 1.82) is 0 Å². The number of fused-ring (bicyclic) bond motifs is 1. The minimum Gasteiger partial charge on any atom is -0.396 e. The first-order valence-electron chi connectivity index (χ1n) is 6.36. The van der Waals surface area contributed by atoms with Crippen LogP contribution in [0.2, 0.25) is 0 Å². The van der Waals surface area contributed by atoms with Gasteiger partial charge in [0.05, 0.1) is 0 Å². The van der Waals surface area contributed by atoms with Gasteiger partial charge in [-0.1, -0.05) is 0 Å². The van der Waals surface area contributed by atoms with Crippen LogP contribution in [-0.2, 0) is 13.0 Å². The third-order valence-electron chi connectivity index (χ3n) is 3.43. The fraction of sp³-hybridized carbons (Fsp3) is 0.692. The summed E-state index contributed by atoms with van der Waals surface area (Å²) in [6.45, 7) is 1.37. The lowest BCUT2D eigenvalue weighted by molar-refractivity contribution is 0.282. The van der Waals surface area contributed by atoms with E-state index >= 15 is 0 Å². The van der Waals surface area contributed by atoms with Gasteiger partial charge in [0.1, 0.15) is 0 Å². The molecule has 1 aliphatic rings. The van der Waals surface area contributed by atoms with E-state index in [9.17, 15) is 0 Å². The molecule has 1 atom stereocenters. The predicted octanol–water partition coefficient (Wildman–Crippen LogP) is 1.99. The van der Waals surface area contributed by atoms with Gasteiger partial charge in [0, 0.05) is 31.6 Å². The molecular formula is C13H22N2O. The molecule has 0 aliphatic heterocycles. The number of nitrogens with zero attached hydrogens (tertiary/aromatic N) is 1. The summed E-state index contributed by atoms with van der Waals surface area (Å²) in [4.78, 5) is 0. The molecule has 2 rings (SSSR count). The molecule has 0 bridgehead atoms. The van der Waals surface area contributed by atoms with Crippen LogP contribution in [0.3, 0.4) is 0 Å². The number of hydrogen-bond acceptors (Lipinski definition) is 2. The van der Waals surface area contributed by atoms with E-state index in [-0.39, 0.29) is 6.04 Å². The van der Waals surface area contributed by atoms with Gasteiger partial charge < -0.3 is 15.4 Å². The smallest absolute Gasteiger partial charge is 0.0431 e. The van der Waals surface area contributed by atoms with Crippen LogP contribution in [0.4, 0.5) is 0 Å². The van der Waals surface area contributed by atoms with E-state index in [1.54, 1.807) is 0 Å². The van der Waals surface area contributed by atoms with Gasteiger partial charge in [-0.2, -0.15) is 0 Å². The van der Waals surface area contributed by atoms with Gasteiger partial charge in [-0.05, 0) is 49.7 Å². The maximum absolute atomic E-state index is 8.71. The van der Waals surface area contributed by atoms with Crippen molar-refractivity contribution in [2.75, 3.05) is 6.61 Å². The standard InChI is InChI=1S/C13H22N2O/c14-13-6-4-5-11-9-15(10-12(11)13)7-2-1-3-8-16/h9-10,13,16H,1-8,14H2. The third kappa shape index (κ3) is 2.66. The maximum Gasteiger partial charge on any atom is 0.0431 e. The van der Waals surface area contributed by atoms with Crippen LogP contribution in [0.25, 0.3) is 0 Å². The van der Waals surface area contributed by atoms with Crippen molar-refractivity contribution in [1.82, 2.24) is 4.57 Å². The van der Waals surface area contributed by atoms with Crippen LogP contribution in [0, 0.1) is 0 Å². The molecule has 0 radical (unpaired) electrons. The van der Waals surface area contributed by atoms with Crippen molar-refractivity contribution >= 4 is 0 Å². The SMILES string of the molecule is NC1CCCc2cn(CCCCCO)cc21. The summed E-state index contributed by atoms with van der Waals surface area (Å²) in [5.41, 5.74) is 8.89. The minimum absolute atomic E-state index is 0.252. The number of nitrogens with two attached hydrogens (primary N) is 1. The molecule has 1 aromatic heterocycles. The van der Waals surface area contributed by atoms with Gasteiger partial charge in [-0.3, -0.25) is 0 Å². The number of hydrogen-bond donors (Lipinski definition) is 2. The second kappa shape index (κ2) is 5.51. The molecule has 90 valence electrons. The Morgan fingerprint density at radius 1 is 1.31 bits per heavy atom. The first-order valence-corrected chi connectivity index (χ1v) is 6.36. The van der Waals surface area contributed by atoms with Crippen molar-refractivity contribution in [2.24, 2.45) is 5.73 Å². The average molecular weight is 222 g/mol. The number of rotatable bonds is 5. The van der Waals surface area contributed by atoms with Crippen molar-refractivity contribution in [2.45, 2.75) is 51.1 Å². The summed E-state index contributed by atoms with van der Waals surface area (Å²) in [6, 6.07) is 0.252. The Labute approximate surface area is 97.3 Å². The van der Waals surface area contributed by atoms with Crippen LogP contribution in [0.15, 0.2) is 12.4 Å². The van der Waals surface area contributed by atoms with Gasteiger partial charge in [0.2, 0.25) is 0 Å². The summed E-state index contributed by atoms with van der Waals surface area (Å²) < 4.78 is 2.27. The number of aryl methyl sites for hydroxylation is 2. The summed E-state index contributed by atoms with van der Waals surface area (Å²) in [6.07, 6.45) is 11.2. The summed E-state index contributed by atoms with van der Waals surface area (Å²) >= 11 is 0. The average Bonchev–Trinajstić information content (AvgIpc) is 2.69. The Bertz CT molecular complexity index is 333. The van der Waals surface area contributed by atoms with Gasteiger partial charge in [-0.25, -0.2) is 0 Å². The third-order valence-corrected chi connectivity index (χ3v) is 3.43. The largest absolute Gasteiger partial charge is 0.396 e. The highest BCUT2D eigenvalue weighted by Crippen LogP contribution is 2.28. The van der Waals surface area contributed by atoms with Gasteiger partial charge in [0.15, 0.2) is 0 Å². The van der Waals surface area contributed by atoms with Gasteiger partial charge in [-0.15, -0.1) is 0 Å². The van der Waals surface area contributed by atoms with Crippen LogP contribution >= 0.6 is 0 Å². The maximum atomic E-state index is 8.71. The van der Waals surface area contributed by atoms with Crippen molar-refractivity contribution in [3.8, 4) is 0 Å². The van der Waals surface area contributed by atoms with Crippen molar-refractivity contribution in [3.63, 3.8) is 0 Å². The molecule has 3 heteroatoms. The molecule has 1 aliphatic carbocycles. The fourth-order valence-electron chi connectivity index (χ4n) is 2.50. The Morgan fingerprint density at radius 2 is 2.19 bits per heavy atom. The highest BCUT2D eigenvalue weighted by Gasteiger charge is 2.18. The number of aromatic nitrogens is 1. The van der Waals surface area contributed by atoms with E-state index in [1.165, 1.54) is 24.0 Å². The van der Waals surface area contributed by atoms with Gasteiger partial charge >= 0.3 is 0 Å². The molecule has 0 saturated carbocycles. The zero-order valence-corrected chi connectivity index (χ0v) is 9.86. The Hall–Kier alpha value is -0.800. The molecule has 1 heterocycles. The predicted molar refractivity (Wildman–Crippen MR) is 65.2 cm³/mol.